The number of rotatable bonds is 5. The normalized spacial score (nSPS) is 16.8. The summed E-state index contributed by atoms with van der Waals surface area (Å²) in [5.41, 5.74) is 1.36. The molecule has 1 saturated heterocycles. The average molecular weight is 438 g/mol. The van der Waals surface area contributed by atoms with Gasteiger partial charge in [-0.15, -0.1) is 0 Å². The van der Waals surface area contributed by atoms with Crippen molar-refractivity contribution in [2.24, 2.45) is 0 Å². The zero-order valence-electron chi connectivity index (χ0n) is 17.8. The van der Waals surface area contributed by atoms with E-state index in [1.165, 1.54) is 10.4 Å². The van der Waals surface area contributed by atoms with Gasteiger partial charge in [-0.25, -0.2) is 8.42 Å². The van der Waals surface area contributed by atoms with Crippen LogP contribution in [0, 0.1) is 0 Å². The van der Waals surface area contributed by atoms with Gasteiger partial charge in [0.25, 0.3) is 5.91 Å². The molecule has 31 heavy (non-hydrogen) atoms. The summed E-state index contributed by atoms with van der Waals surface area (Å²) in [4.78, 5) is 15.2. The van der Waals surface area contributed by atoms with Crippen LogP contribution in [0.2, 0.25) is 0 Å². The molecule has 1 aliphatic heterocycles. The van der Waals surface area contributed by atoms with Crippen LogP contribution in [0.1, 0.15) is 28.9 Å². The zero-order chi connectivity index (χ0) is 22.0. The van der Waals surface area contributed by atoms with Gasteiger partial charge >= 0.3 is 0 Å². The molecule has 0 spiro atoms. The van der Waals surface area contributed by atoms with E-state index in [4.69, 9.17) is 0 Å². The fourth-order valence-corrected chi connectivity index (χ4v) is 5.43. The van der Waals surface area contributed by atoms with Gasteiger partial charge in [0.1, 0.15) is 0 Å². The molecule has 0 radical (unpaired) electrons. The summed E-state index contributed by atoms with van der Waals surface area (Å²) in [7, 11) is -1.65. The summed E-state index contributed by atoms with van der Waals surface area (Å²) in [5, 5.41) is 5.21. The number of carbonyl (C=O) groups excluding carboxylic acids is 1. The van der Waals surface area contributed by atoms with Crippen LogP contribution in [-0.4, -0.2) is 56.8 Å². The van der Waals surface area contributed by atoms with Crippen molar-refractivity contribution < 1.29 is 13.2 Å². The van der Waals surface area contributed by atoms with E-state index in [1.54, 1.807) is 18.2 Å². The third kappa shape index (κ3) is 4.49. The van der Waals surface area contributed by atoms with E-state index in [9.17, 15) is 13.2 Å². The quantitative estimate of drug-likeness (QED) is 0.665. The fraction of sp³-hybridized carbons (Fsp3) is 0.292. The average Bonchev–Trinajstić information content (AvgIpc) is 2.79. The maximum Gasteiger partial charge on any atom is 0.251 e. The first-order chi connectivity index (χ1) is 14.9. The second-order valence-electron chi connectivity index (χ2n) is 8.00. The van der Waals surface area contributed by atoms with Crippen LogP contribution < -0.4 is 5.32 Å². The second-order valence-corrected chi connectivity index (χ2v) is 9.94. The van der Waals surface area contributed by atoms with Crippen molar-refractivity contribution in [2.45, 2.75) is 17.9 Å². The molecule has 3 aromatic carbocycles. The topological polar surface area (TPSA) is 69.7 Å². The molecular formula is C24H27N3O3S. The van der Waals surface area contributed by atoms with Gasteiger partial charge in [-0.05, 0) is 48.5 Å². The minimum Gasteiger partial charge on any atom is -0.345 e. The number of amides is 1. The lowest BCUT2D eigenvalue weighted by molar-refractivity contribution is 0.0940. The van der Waals surface area contributed by atoms with E-state index >= 15 is 0 Å². The van der Waals surface area contributed by atoms with Gasteiger partial charge < -0.3 is 10.2 Å². The maximum atomic E-state index is 13.0. The molecule has 1 fully saturated rings. The van der Waals surface area contributed by atoms with Gasteiger partial charge in [0.05, 0.1) is 10.9 Å². The number of hydrogen-bond acceptors (Lipinski definition) is 4. The lowest BCUT2D eigenvalue weighted by Crippen LogP contribution is -2.47. The first-order valence-electron chi connectivity index (χ1n) is 10.4. The molecule has 1 unspecified atom stereocenters. The standard InChI is InChI=1S/C24H27N3O3S/c1-18(22-12-6-8-19-7-3-4-11-23(19)22)25-24(28)20-9-5-10-21(17-20)31(29,30)27-15-13-26(2)14-16-27/h3-12,17-18H,13-16H2,1-2H3,(H,25,28). The third-order valence-electron chi connectivity index (χ3n) is 5.83. The number of nitrogens with zero attached hydrogens (tertiary/aromatic N) is 2. The number of piperazine rings is 1. The molecule has 1 aliphatic rings. The summed E-state index contributed by atoms with van der Waals surface area (Å²) < 4.78 is 27.6. The number of benzene rings is 3. The third-order valence-corrected chi connectivity index (χ3v) is 7.73. The molecule has 4 rings (SSSR count). The van der Waals surface area contributed by atoms with Gasteiger partial charge in [0.2, 0.25) is 10.0 Å². The van der Waals surface area contributed by atoms with Crippen molar-refractivity contribution in [1.82, 2.24) is 14.5 Å². The highest BCUT2D eigenvalue weighted by Crippen LogP contribution is 2.25. The van der Waals surface area contributed by atoms with Crippen molar-refractivity contribution in [2.75, 3.05) is 33.2 Å². The van der Waals surface area contributed by atoms with Gasteiger partial charge in [-0.2, -0.15) is 4.31 Å². The van der Waals surface area contributed by atoms with Gasteiger partial charge in [-0.1, -0.05) is 48.5 Å². The Morgan fingerprint density at radius 2 is 1.61 bits per heavy atom. The highest BCUT2D eigenvalue weighted by Gasteiger charge is 2.28. The smallest absolute Gasteiger partial charge is 0.251 e. The molecule has 162 valence electrons. The van der Waals surface area contributed by atoms with Crippen LogP contribution in [0.3, 0.4) is 0 Å². The Morgan fingerprint density at radius 1 is 0.935 bits per heavy atom. The van der Waals surface area contributed by atoms with Crippen molar-refractivity contribution in [3.63, 3.8) is 0 Å². The molecule has 6 nitrogen and oxygen atoms in total. The van der Waals surface area contributed by atoms with E-state index < -0.39 is 10.0 Å². The molecule has 1 amide bonds. The summed E-state index contributed by atoms with van der Waals surface area (Å²) >= 11 is 0. The Morgan fingerprint density at radius 3 is 2.39 bits per heavy atom. The number of sulfonamides is 1. The van der Waals surface area contributed by atoms with Crippen LogP contribution in [-0.2, 0) is 10.0 Å². The van der Waals surface area contributed by atoms with E-state index in [-0.39, 0.29) is 16.8 Å². The van der Waals surface area contributed by atoms with Crippen molar-refractivity contribution in [3.05, 3.63) is 77.9 Å². The highest BCUT2D eigenvalue weighted by atomic mass is 32.2. The maximum absolute atomic E-state index is 13.0. The second kappa shape index (κ2) is 8.78. The number of fused-ring (bicyclic) bond motifs is 1. The van der Waals surface area contributed by atoms with Crippen LogP contribution in [0.25, 0.3) is 10.8 Å². The van der Waals surface area contributed by atoms with Gasteiger partial charge in [-0.3, -0.25) is 4.79 Å². The van der Waals surface area contributed by atoms with Crippen LogP contribution in [0.4, 0.5) is 0 Å². The zero-order valence-corrected chi connectivity index (χ0v) is 18.6. The first-order valence-corrected chi connectivity index (χ1v) is 11.9. The SMILES string of the molecule is CC(NC(=O)c1cccc(S(=O)(=O)N2CCN(C)CC2)c1)c1cccc2ccccc12. The van der Waals surface area contributed by atoms with Crippen molar-refractivity contribution in [1.29, 1.82) is 0 Å². The van der Waals surface area contributed by atoms with Crippen molar-refractivity contribution >= 4 is 26.7 Å². The first kappa shape index (κ1) is 21.5. The number of carbonyl (C=O) groups is 1. The molecule has 3 aromatic rings. The van der Waals surface area contributed by atoms with Gasteiger partial charge in [0.15, 0.2) is 0 Å². The Kier molecular flexibility index (Phi) is 6.09. The summed E-state index contributed by atoms with van der Waals surface area (Å²) in [6.45, 7) is 4.23. The molecule has 0 aromatic heterocycles. The number of hydrogen-bond donors (Lipinski definition) is 1. The Bertz CT molecular complexity index is 1200. The fourth-order valence-electron chi connectivity index (χ4n) is 3.96. The minimum absolute atomic E-state index is 0.155. The largest absolute Gasteiger partial charge is 0.345 e. The Balaban J connectivity index is 1.54. The Labute approximate surface area is 183 Å². The number of likely N-dealkylation sites (N-methyl/N-ethyl adjacent to an activating group) is 1. The van der Waals surface area contributed by atoms with Gasteiger partial charge in [0, 0.05) is 31.7 Å². The van der Waals surface area contributed by atoms with E-state index in [0.717, 1.165) is 16.3 Å². The number of nitrogens with one attached hydrogen (secondary N) is 1. The molecule has 7 heteroatoms. The lowest BCUT2D eigenvalue weighted by atomic mass is 9.99. The molecule has 0 saturated carbocycles. The van der Waals surface area contributed by atoms with E-state index in [1.807, 2.05) is 56.4 Å². The molecule has 1 N–H and O–H groups in total. The van der Waals surface area contributed by atoms with Crippen LogP contribution in [0.15, 0.2) is 71.6 Å². The molecule has 0 bridgehead atoms. The summed E-state index contributed by atoms with van der Waals surface area (Å²) in [6, 6.07) is 20.1. The lowest BCUT2D eigenvalue weighted by Gasteiger charge is -2.31. The molecular weight excluding hydrogens is 410 g/mol. The molecule has 1 heterocycles. The van der Waals surface area contributed by atoms with E-state index in [0.29, 0.717) is 31.7 Å². The molecule has 1 atom stereocenters. The van der Waals surface area contributed by atoms with Crippen LogP contribution >= 0.6 is 0 Å². The summed E-state index contributed by atoms with van der Waals surface area (Å²) in [5.74, 6) is -0.295. The summed E-state index contributed by atoms with van der Waals surface area (Å²) in [6.07, 6.45) is 0. The van der Waals surface area contributed by atoms with Crippen LogP contribution in [0.5, 0.6) is 0 Å². The predicted octanol–water partition coefficient (Wildman–Crippen LogP) is 3.27. The highest BCUT2D eigenvalue weighted by molar-refractivity contribution is 7.89. The molecule has 0 aliphatic carbocycles. The Hall–Kier alpha value is -2.74. The van der Waals surface area contributed by atoms with Crippen molar-refractivity contribution in [3.8, 4) is 0 Å². The minimum atomic E-state index is -3.62. The predicted molar refractivity (Wildman–Crippen MR) is 123 cm³/mol. The van der Waals surface area contributed by atoms with E-state index in [2.05, 4.69) is 10.2 Å². The monoisotopic (exact) mass is 437 g/mol.